The van der Waals surface area contributed by atoms with Crippen molar-refractivity contribution in [2.45, 2.75) is 43.7 Å². The van der Waals surface area contributed by atoms with Crippen LogP contribution in [0, 0.1) is 5.92 Å². The van der Waals surface area contributed by atoms with E-state index in [0.29, 0.717) is 36.0 Å². The summed E-state index contributed by atoms with van der Waals surface area (Å²) in [5.41, 5.74) is 0.906. The van der Waals surface area contributed by atoms with Gasteiger partial charge in [-0.25, -0.2) is 0 Å². The molecule has 0 bridgehead atoms. The molecule has 1 amide bonds. The van der Waals surface area contributed by atoms with Crippen LogP contribution in [0.15, 0.2) is 42.5 Å². The quantitative estimate of drug-likeness (QED) is 0.581. The van der Waals surface area contributed by atoms with Gasteiger partial charge in [0.05, 0.1) is 40.1 Å². The largest absolute Gasteiger partial charge is 0.497 e. The molecule has 7 heteroatoms. The third kappa shape index (κ3) is 4.96. The van der Waals surface area contributed by atoms with E-state index in [9.17, 15) is 9.90 Å². The van der Waals surface area contributed by atoms with Crippen molar-refractivity contribution in [3.8, 4) is 23.0 Å². The van der Waals surface area contributed by atoms with Gasteiger partial charge in [-0.3, -0.25) is 4.79 Å². The normalized spacial score (nSPS) is 24.1. The molecule has 4 rings (SSSR count). The van der Waals surface area contributed by atoms with Crippen molar-refractivity contribution in [2.75, 3.05) is 35.0 Å². The average Bonchev–Trinajstić information content (AvgIpc) is 2.90. The molecule has 7 nitrogen and oxygen atoms in total. The molecular formula is C28H35NO6. The molecule has 1 N–H and O–H groups in total. The molecule has 3 atom stereocenters. The number of amides is 1. The third-order valence-electron chi connectivity index (χ3n) is 7.43. The number of aliphatic hydroxyl groups is 1. The summed E-state index contributed by atoms with van der Waals surface area (Å²) in [7, 11) is 6.43. The topological polar surface area (TPSA) is 77.5 Å². The van der Waals surface area contributed by atoms with Gasteiger partial charge >= 0.3 is 0 Å². The highest BCUT2D eigenvalue weighted by atomic mass is 16.5. The Labute approximate surface area is 207 Å². The van der Waals surface area contributed by atoms with Gasteiger partial charge in [-0.2, -0.15) is 0 Å². The van der Waals surface area contributed by atoms with E-state index in [-0.39, 0.29) is 17.9 Å². The predicted molar refractivity (Wildman–Crippen MR) is 134 cm³/mol. The van der Waals surface area contributed by atoms with Gasteiger partial charge in [0.1, 0.15) is 11.5 Å². The minimum atomic E-state index is -0.791. The highest BCUT2D eigenvalue weighted by Crippen LogP contribution is 2.51. The van der Waals surface area contributed by atoms with Crippen molar-refractivity contribution in [1.29, 1.82) is 0 Å². The number of carbonyl (C=O) groups is 1. The number of hydrogen-bond acceptors (Lipinski definition) is 6. The first-order chi connectivity index (χ1) is 16.9. The Hall–Kier alpha value is -3.19. The predicted octanol–water partition coefficient (Wildman–Crippen LogP) is 4.63. The Morgan fingerprint density at radius 2 is 1.69 bits per heavy atom. The number of carbonyl (C=O) groups excluding carboxylic acids is 1. The monoisotopic (exact) mass is 481 g/mol. The second-order valence-electron chi connectivity index (χ2n) is 9.24. The molecule has 2 fully saturated rings. The number of likely N-dealkylation sites (tertiary alicyclic amines) is 1. The number of fused-ring (bicyclic) bond motifs is 1. The van der Waals surface area contributed by atoms with E-state index >= 15 is 0 Å². The Balaban J connectivity index is 1.70. The van der Waals surface area contributed by atoms with Gasteiger partial charge in [-0.05, 0) is 61.2 Å². The van der Waals surface area contributed by atoms with Crippen molar-refractivity contribution in [2.24, 2.45) is 5.92 Å². The summed E-state index contributed by atoms with van der Waals surface area (Å²) in [5, 5.41) is 11.6. The first-order valence-electron chi connectivity index (χ1n) is 12.1. The zero-order chi connectivity index (χ0) is 25.0. The van der Waals surface area contributed by atoms with E-state index in [2.05, 4.69) is 0 Å². The zero-order valence-corrected chi connectivity index (χ0v) is 21.0. The van der Waals surface area contributed by atoms with E-state index in [4.69, 9.17) is 18.9 Å². The van der Waals surface area contributed by atoms with Crippen LogP contribution in [0.2, 0.25) is 0 Å². The van der Waals surface area contributed by atoms with Gasteiger partial charge in [0.2, 0.25) is 5.91 Å². The van der Waals surface area contributed by atoms with Gasteiger partial charge in [0.25, 0.3) is 0 Å². The van der Waals surface area contributed by atoms with Crippen molar-refractivity contribution < 1.29 is 28.8 Å². The minimum Gasteiger partial charge on any atom is -0.497 e. The van der Waals surface area contributed by atoms with Crippen molar-refractivity contribution in [1.82, 2.24) is 4.90 Å². The fourth-order valence-corrected chi connectivity index (χ4v) is 5.60. The molecule has 0 unspecified atom stereocenters. The lowest BCUT2D eigenvalue weighted by Gasteiger charge is -2.52. The summed E-state index contributed by atoms with van der Waals surface area (Å²) in [6.07, 6.45) is 7.58. The lowest BCUT2D eigenvalue weighted by atomic mass is 9.66. The molecule has 1 saturated carbocycles. The molecule has 0 aromatic heterocycles. The third-order valence-corrected chi connectivity index (χ3v) is 7.43. The first kappa shape index (κ1) is 24.9. The zero-order valence-electron chi connectivity index (χ0n) is 21.0. The maximum atomic E-state index is 13.6. The molecule has 1 aliphatic carbocycles. The van der Waals surface area contributed by atoms with E-state index in [1.807, 2.05) is 41.3 Å². The number of nitrogens with zero attached hydrogens (tertiary/aromatic N) is 1. The maximum absolute atomic E-state index is 13.6. The van der Waals surface area contributed by atoms with Crippen molar-refractivity contribution >= 4 is 12.0 Å². The number of methoxy groups -OCH3 is 4. The number of benzene rings is 2. The number of piperidine rings is 1. The number of hydrogen-bond donors (Lipinski definition) is 1. The Kier molecular flexibility index (Phi) is 7.55. The Morgan fingerprint density at radius 3 is 2.40 bits per heavy atom. The summed E-state index contributed by atoms with van der Waals surface area (Å²) >= 11 is 0. The molecule has 35 heavy (non-hydrogen) atoms. The van der Waals surface area contributed by atoms with E-state index in [1.54, 1.807) is 40.6 Å². The van der Waals surface area contributed by atoms with E-state index in [0.717, 1.165) is 36.8 Å². The molecule has 1 aliphatic heterocycles. The summed E-state index contributed by atoms with van der Waals surface area (Å²) in [6, 6.07) is 10.9. The molecule has 2 aliphatic rings. The van der Waals surface area contributed by atoms with Crippen LogP contribution >= 0.6 is 0 Å². The Morgan fingerprint density at radius 1 is 0.943 bits per heavy atom. The van der Waals surface area contributed by atoms with E-state index < -0.39 is 5.60 Å². The second kappa shape index (κ2) is 10.6. The van der Waals surface area contributed by atoms with Crippen LogP contribution in [0.5, 0.6) is 23.0 Å². The summed E-state index contributed by atoms with van der Waals surface area (Å²) in [6.45, 7) is 0.465. The maximum Gasteiger partial charge on any atom is 0.247 e. The van der Waals surface area contributed by atoms with Gasteiger partial charge < -0.3 is 29.0 Å². The van der Waals surface area contributed by atoms with Crippen LogP contribution in [-0.4, -0.2) is 56.5 Å². The summed E-state index contributed by atoms with van der Waals surface area (Å²) < 4.78 is 21.9. The highest BCUT2D eigenvalue weighted by Gasteiger charge is 2.50. The molecule has 2 aromatic rings. The highest BCUT2D eigenvalue weighted by molar-refractivity contribution is 5.92. The van der Waals surface area contributed by atoms with Crippen molar-refractivity contribution in [3.05, 3.63) is 53.6 Å². The molecule has 2 aromatic carbocycles. The number of ether oxygens (including phenoxy) is 4. The van der Waals surface area contributed by atoms with Gasteiger partial charge in [0, 0.05) is 24.1 Å². The standard InChI is InChI=1S/C28H35NO6/c1-32-20-10-12-23(33-2)21(18-20)27-22-7-5-6-14-28(22,31)15-16-29(27)26(30)13-9-19-8-11-24(34-3)25(17-19)35-4/h8-13,17-18,22,27,31H,5-7,14-16H2,1-4H3/b13-9+/t22-,27+,28+/m1/s1. The molecular weight excluding hydrogens is 446 g/mol. The van der Waals surface area contributed by atoms with Crippen LogP contribution in [0.25, 0.3) is 6.08 Å². The van der Waals surface area contributed by atoms with Crippen LogP contribution in [-0.2, 0) is 4.79 Å². The van der Waals surface area contributed by atoms with Crippen LogP contribution in [0.4, 0.5) is 0 Å². The smallest absolute Gasteiger partial charge is 0.247 e. The molecule has 1 saturated heterocycles. The van der Waals surface area contributed by atoms with Crippen LogP contribution in [0.3, 0.4) is 0 Å². The number of rotatable bonds is 7. The summed E-state index contributed by atoms with van der Waals surface area (Å²) in [5.74, 6) is 2.43. The fourth-order valence-electron chi connectivity index (χ4n) is 5.60. The Bertz CT molecular complexity index is 1080. The van der Waals surface area contributed by atoms with Gasteiger partial charge in [-0.15, -0.1) is 0 Å². The average molecular weight is 482 g/mol. The van der Waals surface area contributed by atoms with E-state index in [1.165, 1.54) is 0 Å². The molecule has 0 radical (unpaired) electrons. The minimum absolute atomic E-state index is 0.0792. The second-order valence-corrected chi connectivity index (χ2v) is 9.24. The molecule has 188 valence electrons. The molecule has 0 spiro atoms. The lowest BCUT2D eigenvalue weighted by Crippen LogP contribution is -2.56. The van der Waals surface area contributed by atoms with Crippen LogP contribution < -0.4 is 18.9 Å². The van der Waals surface area contributed by atoms with Gasteiger partial charge in [0.15, 0.2) is 11.5 Å². The fraction of sp³-hybridized carbons (Fsp3) is 0.464. The lowest BCUT2D eigenvalue weighted by molar-refractivity contribution is -0.151. The molecule has 1 heterocycles. The van der Waals surface area contributed by atoms with Crippen molar-refractivity contribution in [3.63, 3.8) is 0 Å². The van der Waals surface area contributed by atoms with Gasteiger partial charge in [-0.1, -0.05) is 18.9 Å². The first-order valence-corrected chi connectivity index (χ1v) is 12.1. The van der Waals surface area contributed by atoms with Crippen LogP contribution in [0.1, 0.15) is 49.3 Å². The SMILES string of the molecule is COc1ccc(OC)c([C@H]2[C@H]3CCCC[C@]3(O)CCN2C(=O)/C=C/c2ccc(OC)c(OC)c2)c1. The summed E-state index contributed by atoms with van der Waals surface area (Å²) in [4.78, 5) is 15.5.